The maximum absolute atomic E-state index is 15.9. The van der Waals surface area contributed by atoms with E-state index in [1.54, 1.807) is 25.3 Å². The van der Waals surface area contributed by atoms with E-state index in [-0.39, 0.29) is 43.3 Å². The number of carbonyl (C=O) groups excluding carboxylic acids is 1. The standard InChI is InChI=1S/C26H31FN10O10P2S/c1-13(2)23(39)34-26-33-22-19(24(40)35-26)30-12-37(22)25-20(47-48(41)42)18(27)16(46-25)11-45-49(50,43-7-4-5-28)44-8-6-36-17(10-38)32-15-9-29-14(3)31-21(15)36/h9,12-13,16,18,20,25,38H,4,6-8,10-11H2,1-3H3,(H2-,33,34,35,39,40,41,42)/p+1/t16-,18-,20-,25-,49?/m1/s1. The number of imidazole rings is 2. The third-order valence-electron chi connectivity index (χ3n) is 7.20. The lowest BCUT2D eigenvalue weighted by atomic mass is 10.1. The number of aromatic nitrogens is 8. The van der Waals surface area contributed by atoms with Gasteiger partial charge in [0.2, 0.25) is 11.9 Å². The minimum atomic E-state index is -3.70. The van der Waals surface area contributed by atoms with Crippen LogP contribution in [0.5, 0.6) is 0 Å². The highest BCUT2D eigenvalue weighted by Gasteiger charge is 2.52. The molecular weight excluding hydrogens is 725 g/mol. The van der Waals surface area contributed by atoms with Gasteiger partial charge in [-0.25, -0.2) is 24.3 Å². The summed E-state index contributed by atoms with van der Waals surface area (Å²) in [5.74, 6) is -0.333. The summed E-state index contributed by atoms with van der Waals surface area (Å²) in [7, 11) is -3.34. The zero-order chi connectivity index (χ0) is 36.2. The van der Waals surface area contributed by atoms with E-state index in [1.165, 1.54) is 6.20 Å². The number of nitrogens with one attached hydrogen (secondary N) is 2. The minimum absolute atomic E-state index is 0.0607. The fraction of sp³-hybridized carbons (Fsp3) is 0.538. The lowest BCUT2D eigenvalue weighted by Gasteiger charge is -2.24. The molecule has 6 atom stereocenters. The maximum atomic E-state index is 15.9. The molecule has 0 bridgehead atoms. The van der Waals surface area contributed by atoms with E-state index < -0.39 is 70.2 Å². The second-order valence-electron chi connectivity index (χ2n) is 11.0. The molecule has 20 nitrogen and oxygen atoms in total. The summed E-state index contributed by atoms with van der Waals surface area (Å²) in [4.78, 5) is 57.9. The van der Waals surface area contributed by atoms with E-state index in [0.29, 0.717) is 22.8 Å². The summed E-state index contributed by atoms with van der Waals surface area (Å²) >= 11 is 5.56. The number of fused-ring (bicyclic) bond motifs is 2. The number of H-pyrrole nitrogens is 1. The number of carbonyl (C=O) groups is 1. The number of alkyl halides is 1. The molecule has 1 saturated heterocycles. The lowest BCUT2D eigenvalue weighted by molar-refractivity contribution is -0.118. The van der Waals surface area contributed by atoms with Crippen molar-refractivity contribution in [2.45, 2.75) is 65.0 Å². The summed E-state index contributed by atoms with van der Waals surface area (Å²) < 4.78 is 58.5. The van der Waals surface area contributed by atoms with Crippen LogP contribution < -0.4 is 10.9 Å². The predicted molar refractivity (Wildman–Crippen MR) is 173 cm³/mol. The molecule has 24 heteroatoms. The van der Waals surface area contributed by atoms with Crippen molar-refractivity contribution < 1.29 is 46.6 Å². The first kappa shape index (κ1) is 37.5. The Bertz CT molecular complexity index is 2040. The Kier molecular flexibility index (Phi) is 12.1. The second kappa shape index (κ2) is 16.1. The van der Waals surface area contributed by atoms with E-state index in [1.807, 2.05) is 6.07 Å². The number of aromatic amines is 1. The average molecular weight is 758 g/mol. The van der Waals surface area contributed by atoms with Crippen LogP contribution >= 0.6 is 15.0 Å². The van der Waals surface area contributed by atoms with Crippen LogP contribution in [0.2, 0.25) is 0 Å². The highest BCUT2D eigenvalue weighted by molar-refractivity contribution is 8.07. The number of hydrogen-bond donors (Lipinski definition) is 4. The van der Waals surface area contributed by atoms with Crippen molar-refractivity contribution in [1.29, 1.82) is 5.26 Å². The fourth-order valence-corrected chi connectivity index (χ4v) is 7.06. The first-order valence-corrected chi connectivity index (χ1v) is 18.6. The first-order chi connectivity index (χ1) is 23.8. The van der Waals surface area contributed by atoms with Crippen molar-refractivity contribution in [3.8, 4) is 6.07 Å². The third-order valence-corrected chi connectivity index (χ3v) is 10.0. The van der Waals surface area contributed by atoms with E-state index in [4.69, 9.17) is 39.9 Å². The number of aryl methyl sites for hydroxylation is 1. The predicted octanol–water partition coefficient (Wildman–Crippen LogP) is 1.81. The highest BCUT2D eigenvalue weighted by atomic mass is 32.5. The van der Waals surface area contributed by atoms with Gasteiger partial charge in [0.1, 0.15) is 29.9 Å². The Hall–Kier alpha value is -3.74. The highest BCUT2D eigenvalue weighted by Crippen LogP contribution is 2.51. The van der Waals surface area contributed by atoms with Crippen LogP contribution in [-0.4, -0.2) is 93.1 Å². The van der Waals surface area contributed by atoms with Crippen LogP contribution in [0, 0.1) is 24.2 Å². The SMILES string of the molecule is Cc1ncc2nc(CO)n(CCOP(=S)(OCCC#N)OC[C@H]3O[C@@H](n4cnc5c(=O)[nH]c(NC(=O)C(C)C)nc54)[C@H](O[P+](=O)O)[C@@H]3F)c2n1. The van der Waals surface area contributed by atoms with Gasteiger partial charge < -0.3 is 28.0 Å². The van der Waals surface area contributed by atoms with E-state index in [0.717, 1.165) is 10.9 Å². The van der Waals surface area contributed by atoms with Gasteiger partial charge in [0.15, 0.2) is 35.3 Å². The van der Waals surface area contributed by atoms with Gasteiger partial charge in [-0.2, -0.15) is 10.2 Å². The quantitative estimate of drug-likeness (QED) is 0.0938. The summed E-state index contributed by atoms with van der Waals surface area (Å²) in [5.41, 5.74) is -0.160. The van der Waals surface area contributed by atoms with Crippen LogP contribution in [-0.2, 0) is 57.1 Å². The van der Waals surface area contributed by atoms with Crippen LogP contribution in [0.25, 0.3) is 22.3 Å². The van der Waals surface area contributed by atoms with E-state index >= 15 is 4.39 Å². The average Bonchev–Trinajstić information content (AvgIpc) is 3.73. The van der Waals surface area contributed by atoms with Gasteiger partial charge in [0.05, 0.1) is 44.8 Å². The lowest BCUT2D eigenvalue weighted by Crippen LogP contribution is -2.31. The van der Waals surface area contributed by atoms with Crippen molar-refractivity contribution in [3.05, 3.63) is 34.5 Å². The van der Waals surface area contributed by atoms with Gasteiger partial charge in [-0.15, -0.1) is 9.42 Å². The molecular formula is C26H32FN10O10P2S+. The smallest absolute Gasteiger partial charge is 0.388 e. The third kappa shape index (κ3) is 8.41. The molecule has 0 radical (unpaired) electrons. The zero-order valence-electron chi connectivity index (χ0n) is 26.7. The normalized spacial score (nSPS) is 20.7. The van der Waals surface area contributed by atoms with Gasteiger partial charge in [-0.1, -0.05) is 13.8 Å². The summed E-state index contributed by atoms with van der Waals surface area (Å²) in [6.45, 7) is 0.0615. The molecule has 1 aliphatic rings. The Morgan fingerprint density at radius 2 is 2.02 bits per heavy atom. The van der Waals surface area contributed by atoms with Crippen molar-refractivity contribution in [2.24, 2.45) is 5.92 Å². The number of hydrogen-bond acceptors (Lipinski definition) is 16. The number of rotatable bonds is 16. The van der Waals surface area contributed by atoms with Crippen molar-refractivity contribution in [3.63, 3.8) is 0 Å². The molecule has 1 aliphatic heterocycles. The molecule has 50 heavy (non-hydrogen) atoms. The van der Waals surface area contributed by atoms with Crippen LogP contribution in [0.4, 0.5) is 10.3 Å². The van der Waals surface area contributed by atoms with Gasteiger partial charge in [0.25, 0.3) is 5.56 Å². The molecule has 4 aromatic heterocycles. The topological polar surface area (TPSA) is 264 Å². The van der Waals surface area contributed by atoms with Gasteiger partial charge in [-0.3, -0.25) is 24.5 Å². The summed E-state index contributed by atoms with van der Waals surface area (Å²) in [5, 5.41) is 21.3. The molecule has 268 valence electrons. The Morgan fingerprint density at radius 1 is 1.26 bits per heavy atom. The summed E-state index contributed by atoms with van der Waals surface area (Å²) in [6, 6.07) is 1.91. The minimum Gasteiger partial charge on any atom is -0.388 e. The number of ether oxygens (including phenoxy) is 1. The molecule has 0 saturated carbocycles. The largest absolute Gasteiger partial charge is 0.695 e. The van der Waals surface area contributed by atoms with E-state index in [9.17, 15) is 24.2 Å². The number of anilines is 1. The number of nitrogens with zero attached hydrogens (tertiary/aromatic N) is 8. The molecule has 0 aromatic carbocycles. The second-order valence-corrected chi connectivity index (χ2v) is 14.7. The van der Waals surface area contributed by atoms with Gasteiger partial charge in [0, 0.05) is 17.0 Å². The monoisotopic (exact) mass is 757 g/mol. The Morgan fingerprint density at radius 3 is 2.72 bits per heavy atom. The van der Waals surface area contributed by atoms with E-state index in [2.05, 4.69) is 35.2 Å². The van der Waals surface area contributed by atoms with Crippen molar-refractivity contribution in [2.75, 3.05) is 25.1 Å². The van der Waals surface area contributed by atoms with Crippen molar-refractivity contribution in [1.82, 2.24) is 39.0 Å². The zero-order valence-corrected chi connectivity index (χ0v) is 29.3. The number of nitriles is 1. The molecule has 1 amide bonds. The van der Waals surface area contributed by atoms with Crippen LogP contribution in [0.1, 0.15) is 38.1 Å². The molecule has 0 aliphatic carbocycles. The number of aliphatic hydroxyl groups excluding tert-OH is 1. The van der Waals surface area contributed by atoms with Gasteiger partial charge in [-0.05, 0) is 18.7 Å². The van der Waals surface area contributed by atoms with Crippen LogP contribution in [0.15, 0.2) is 17.3 Å². The molecule has 1 fully saturated rings. The van der Waals surface area contributed by atoms with Crippen LogP contribution in [0.3, 0.4) is 0 Å². The molecule has 5 heterocycles. The molecule has 0 spiro atoms. The fourth-order valence-electron chi connectivity index (χ4n) is 4.83. The van der Waals surface area contributed by atoms with Gasteiger partial charge >= 0.3 is 15.0 Å². The molecule has 5 rings (SSSR count). The maximum Gasteiger partial charge on any atom is 0.695 e. The number of halogens is 1. The number of amides is 1. The Labute approximate surface area is 288 Å². The first-order valence-electron chi connectivity index (χ1n) is 14.9. The number of aliphatic hydroxyl groups is 1. The van der Waals surface area contributed by atoms with Crippen molar-refractivity contribution >= 4 is 61.0 Å². The summed E-state index contributed by atoms with van der Waals surface area (Å²) in [6.07, 6.45) is -4.23. The Balaban J connectivity index is 1.35. The molecule has 2 unspecified atom stereocenters. The molecule has 4 aromatic rings. The molecule has 4 N–H and O–H groups in total.